The van der Waals surface area contributed by atoms with Crippen LogP contribution in [0, 0.1) is 0 Å². The van der Waals surface area contributed by atoms with Crippen LogP contribution in [0.15, 0.2) is 60.8 Å². The van der Waals surface area contributed by atoms with Crippen LogP contribution in [0.5, 0.6) is 0 Å². The summed E-state index contributed by atoms with van der Waals surface area (Å²) in [7, 11) is 1.33. The van der Waals surface area contributed by atoms with Crippen LogP contribution in [0.1, 0.15) is 55.9 Å². The lowest BCUT2D eigenvalue weighted by molar-refractivity contribution is -0.154. The molecule has 0 aliphatic heterocycles. The van der Waals surface area contributed by atoms with Crippen molar-refractivity contribution in [1.29, 1.82) is 0 Å². The molecular weight excluding hydrogens is 400 g/mol. The van der Waals surface area contributed by atoms with Gasteiger partial charge in [0, 0.05) is 16.7 Å². The molecule has 0 spiro atoms. The second-order valence-electron chi connectivity index (χ2n) is 6.18. The average molecular weight is 439 g/mol. The molecule has 0 rings (SSSR count). The fourth-order valence-electron chi connectivity index (χ4n) is 0.433. The van der Waals surface area contributed by atoms with E-state index < -0.39 is 11.9 Å². The van der Waals surface area contributed by atoms with Crippen molar-refractivity contribution in [2.45, 2.75) is 55.9 Å². The highest BCUT2D eigenvalue weighted by Crippen LogP contribution is 1.97. The molecule has 0 radical (unpaired) electrons. The number of ether oxygens (including phenoxy) is 2. The molecule has 0 aromatic carbocycles. The van der Waals surface area contributed by atoms with Crippen LogP contribution in [0.4, 0.5) is 0 Å². The van der Waals surface area contributed by atoms with Gasteiger partial charge in [0.15, 0.2) is 11.6 Å². The minimum absolute atomic E-state index is 0. The van der Waals surface area contributed by atoms with Gasteiger partial charge in [0.25, 0.3) is 0 Å². The minimum Gasteiger partial charge on any atom is -0.466 e. The Labute approximate surface area is 187 Å². The summed E-state index contributed by atoms with van der Waals surface area (Å²) in [6.45, 7) is 27.7. The van der Waals surface area contributed by atoms with Crippen molar-refractivity contribution in [3.63, 3.8) is 0 Å². The van der Waals surface area contributed by atoms with E-state index in [0.717, 1.165) is 0 Å². The molecule has 0 N–H and O–H groups in total. The highest BCUT2D eigenvalue weighted by Gasteiger charge is 2.10. The molecule has 176 valence electrons. The third kappa shape index (κ3) is 31.6. The standard InChI is InChI=1S/C8H10O3.C5H8O2.2C5H8O.CH4/c1-5(2)7(9)11-8(10)6(3)4;1-4(2)5(6)7-3;2*1-4(2)5(3)6;/h1,3H2,2,4H3;1H2,2-3H3;2*1H2,2-3H3;1H4. The van der Waals surface area contributed by atoms with Gasteiger partial charge in [0.05, 0.1) is 7.11 Å². The van der Waals surface area contributed by atoms with Crippen molar-refractivity contribution < 1.29 is 33.4 Å². The van der Waals surface area contributed by atoms with Gasteiger partial charge in [-0.2, -0.15) is 0 Å². The molecule has 0 heterocycles. The second-order valence-corrected chi connectivity index (χ2v) is 6.18. The van der Waals surface area contributed by atoms with Crippen LogP contribution in [-0.2, 0) is 33.4 Å². The van der Waals surface area contributed by atoms with Crippen LogP contribution in [0.25, 0.3) is 0 Å². The highest BCUT2D eigenvalue weighted by molar-refractivity contribution is 6.00. The first-order valence-electron chi connectivity index (χ1n) is 8.56. The molecule has 0 amide bonds. The summed E-state index contributed by atoms with van der Waals surface area (Å²) in [5, 5.41) is 0. The summed E-state index contributed by atoms with van der Waals surface area (Å²) in [5.74, 6) is -1.64. The first-order valence-corrected chi connectivity index (χ1v) is 8.56. The fraction of sp³-hybridized carbons (Fsp3) is 0.375. The van der Waals surface area contributed by atoms with E-state index in [1.54, 1.807) is 20.8 Å². The molecule has 7 heteroatoms. The number of carbonyl (C=O) groups excluding carboxylic acids is 5. The molecular formula is C24H38O7. The van der Waals surface area contributed by atoms with E-state index in [1.165, 1.54) is 34.8 Å². The number of hydrogen-bond donors (Lipinski definition) is 0. The van der Waals surface area contributed by atoms with Crippen molar-refractivity contribution >= 4 is 29.5 Å². The van der Waals surface area contributed by atoms with Gasteiger partial charge < -0.3 is 9.47 Å². The number of Topliss-reactive ketones (excluding diaryl/α,β-unsaturated/α-hetero) is 2. The normalized spacial score (nSPS) is 7.74. The van der Waals surface area contributed by atoms with Gasteiger partial charge in [-0.3, -0.25) is 9.59 Å². The second kappa shape index (κ2) is 21.4. The Morgan fingerprint density at radius 1 is 0.484 bits per heavy atom. The maximum atomic E-state index is 10.7. The quantitative estimate of drug-likeness (QED) is 0.342. The predicted octanol–water partition coefficient (Wildman–Crippen LogP) is 4.88. The van der Waals surface area contributed by atoms with Crippen LogP contribution in [0.2, 0.25) is 0 Å². The monoisotopic (exact) mass is 438 g/mol. The molecule has 0 atom stereocenters. The number of ketones is 2. The molecule has 0 saturated heterocycles. The third-order valence-corrected chi connectivity index (χ3v) is 2.62. The Balaban J connectivity index is -0.0000000997. The zero-order valence-corrected chi connectivity index (χ0v) is 19.4. The molecule has 0 aliphatic carbocycles. The summed E-state index contributed by atoms with van der Waals surface area (Å²) >= 11 is 0. The SMILES string of the molecule is C.C=C(C)C(=O)OC.C=C(C)C(=O)OC(=O)C(=C)C.C=C(C)C(C)=O.C=C(C)C(C)=O. The first kappa shape index (κ1) is 38.3. The Morgan fingerprint density at radius 2 is 0.677 bits per heavy atom. The topological polar surface area (TPSA) is 104 Å². The van der Waals surface area contributed by atoms with Gasteiger partial charge in [-0.1, -0.05) is 40.3 Å². The summed E-state index contributed by atoms with van der Waals surface area (Å²) in [5.41, 5.74) is 2.06. The van der Waals surface area contributed by atoms with E-state index in [-0.39, 0.29) is 36.1 Å². The number of allylic oxidation sites excluding steroid dienone is 2. The maximum absolute atomic E-state index is 10.7. The molecule has 0 fully saturated rings. The molecule has 0 aromatic rings. The lowest BCUT2D eigenvalue weighted by Crippen LogP contribution is -2.12. The van der Waals surface area contributed by atoms with E-state index in [2.05, 4.69) is 42.4 Å². The molecule has 0 aromatic heterocycles. The summed E-state index contributed by atoms with van der Waals surface area (Å²) < 4.78 is 8.57. The van der Waals surface area contributed by atoms with Crippen molar-refractivity contribution in [2.75, 3.05) is 7.11 Å². The van der Waals surface area contributed by atoms with Crippen LogP contribution in [0.3, 0.4) is 0 Å². The highest BCUT2D eigenvalue weighted by atomic mass is 16.6. The number of carbonyl (C=O) groups is 5. The number of esters is 3. The van der Waals surface area contributed by atoms with Gasteiger partial charge in [-0.15, -0.1) is 0 Å². The fourth-order valence-corrected chi connectivity index (χ4v) is 0.433. The predicted molar refractivity (Wildman–Crippen MR) is 125 cm³/mol. The lowest BCUT2D eigenvalue weighted by Gasteiger charge is -1.99. The van der Waals surface area contributed by atoms with Crippen LogP contribution >= 0.6 is 0 Å². The van der Waals surface area contributed by atoms with Gasteiger partial charge >= 0.3 is 17.9 Å². The average Bonchev–Trinajstić information content (AvgIpc) is 2.61. The molecule has 0 saturated carbocycles. The molecule has 7 nitrogen and oxygen atoms in total. The Kier molecular flexibility index (Phi) is 26.4. The summed E-state index contributed by atoms with van der Waals surface area (Å²) in [4.78, 5) is 51.6. The number of methoxy groups -OCH3 is 1. The van der Waals surface area contributed by atoms with Crippen molar-refractivity contribution in [3.8, 4) is 0 Å². The van der Waals surface area contributed by atoms with Crippen LogP contribution < -0.4 is 0 Å². The molecule has 0 aliphatic rings. The Hall–Kier alpha value is -3.35. The lowest BCUT2D eigenvalue weighted by atomic mass is 10.3. The summed E-state index contributed by atoms with van der Waals surface area (Å²) in [6.07, 6.45) is 0. The van der Waals surface area contributed by atoms with E-state index in [1.807, 2.05) is 0 Å². The van der Waals surface area contributed by atoms with E-state index in [4.69, 9.17) is 0 Å². The van der Waals surface area contributed by atoms with Crippen molar-refractivity contribution in [1.82, 2.24) is 0 Å². The number of hydrogen-bond acceptors (Lipinski definition) is 7. The number of rotatable bonds is 5. The third-order valence-electron chi connectivity index (χ3n) is 2.62. The first-order chi connectivity index (χ1) is 13.4. The van der Waals surface area contributed by atoms with Crippen LogP contribution in [-0.4, -0.2) is 36.6 Å². The van der Waals surface area contributed by atoms with Gasteiger partial charge in [0.2, 0.25) is 0 Å². The minimum atomic E-state index is -0.710. The van der Waals surface area contributed by atoms with Gasteiger partial charge in [0.1, 0.15) is 0 Å². The van der Waals surface area contributed by atoms with Crippen molar-refractivity contribution in [3.05, 3.63) is 60.8 Å². The molecule has 31 heavy (non-hydrogen) atoms. The van der Waals surface area contributed by atoms with E-state index in [9.17, 15) is 24.0 Å². The maximum Gasteiger partial charge on any atom is 0.340 e. The van der Waals surface area contributed by atoms with E-state index >= 15 is 0 Å². The zero-order chi connectivity index (χ0) is 25.2. The smallest absolute Gasteiger partial charge is 0.340 e. The summed E-state index contributed by atoms with van der Waals surface area (Å²) in [6, 6.07) is 0. The largest absolute Gasteiger partial charge is 0.466 e. The Morgan fingerprint density at radius 3 is 0.742 bits per heavy atom. The van der Waals surface area contributed by atoms with E-state index in [0.29, 0.717) is 16.7 Å². The Bertz CT molecular complexity index is 650. The van der Waals surface area contributed by atoms with Gasteiger partial charge in [-0.05, 0) is 59.6 Å². The van der Waals surface area contributed by atoms with Crippen molar-refractivity contribution in [2.24, 2.45) is 0 Å². The zero-order valence-electron chi connectivity index (χ0n) is 19.4. The molecule has 0 unspecified atom stereocenters. The molecule has 0 bridgehead atoms. The van der Waals surface area contributed by atoms with Gasteiger partial charge in [-0.25, -0.2) is 14.4 Å².